The van der Waals surface area contributed by atoms with Crippen molar-refractivity contribution in [3.8, 4) is 5.88 Å². The van der Waals surface area contributed by atoms with E-state index in [1.165, 1.54) is 12.8 Å². The van der Waals surface area contributed by atoms with E-state index in [9.17, 15) is 0 Å². The summed E-state index contributed by atoms with van der Waals surface area (Å²) >= 11 is 4.42. The van der Waals surface area contributed by atoms with Crippen LogP contribution in [0.3, 0.4) is 0 Å². The first-order valence-corrected chi connectivity index (χ1v) is 5.42. The molecule has 78 valence electrons. The summed E-state index contributed by atoms with van der Waals surface area (Å²) in [6, 6.07) is 1.89. The summed E-state index contributed by atoms with van der Waals surface area (Å²) in [6.45, 7) is 4.80. The van der Waals surface area contributed by atoms with E-state index in [1.807, 2.05) is 26.1 Å². The Balaban J connectivity index is 1.94. The minimum absolute atomic E-state index is 0.263. The van der Waals surface area contributed by atoms with Gasteiger partial charge in [-0.25, -0.2) is 0 Å². The van der Waals surface area contributed by atoms with E-state index in [4.69, 9.17) is 4.74 Å². The van der Waals surface area contributed by atoms with Crippen LogP contribution in [0.5, 0.6) is 5.88 Å². The van der Waals surface area contributed by atoms with Gasteiger partial charge in [-0.1, -0.05) is 0 Å². The monoisotopic (exact) mass is 212 g/mol. The van der Waals surface area contributed by atoms with Crippen LogP contribution in [0.25, 0.3) is 0 Å². The summed E-state index contributed by atoms with van der Waals surface area (Å²) in [6.07, 6.45) is 4.51. The second-order valence-electron chi connectivity index (χ2n) is 4.35. The quantitative estimate of drug-likeness (QED) is 0.775. The van der Waals surface area contributed by atoms with Crippen LogP contribution in [0.15, 0.2) is 12.3 Å². The fourth-order valence-corrected chi connectivity index (χ4v) is 1.29. The fraction of sp³-hybridized carbons (Fsp3) is 0.700. The largest absolute Gasteiger partial charge is 0.476 e. The Labute approximate surface area is 89.9 Å². The number of thiol groups is 1. The van der Waals surface area contributed by atoms with Crippen LogP contribution < -0.4 is 4.74 Å². The van der Waals surface area contributed by atoms with Crippen LogP contribution in [-0.4, -0.2) is 16.4 Å². The standard InChI is InChI=1S/C10H16N2OS/c1-10(2,14)12-6-5-9(11-12)13-7-8-3-4-8/h5-6,8,14H,3-4,7H2,1-2H3. The van der Waals surface area contributed by atoms with E-state index < -0.39 is 0 Å². The lowest BCUT2D eigenvalue weighted by Gasteiger charge is -2.17. The zero-order chi connectivity index (χ0) is 10.2. The maximum Gasteiger partial charge on any atom is 0.232 e. The number of rotatable bonds is 4. The molecule has 0 amide bonds. The molecule has 0 bridgehead atoms. The average molecular weight is 212 g/mol. The molecule has 0 saturated heterocycles. The molecule has 14 heavy (non-hydrogen) atoms. The predicted molar refractivity (Wildman–Crippen MR) is 58.8 cm³/mol. The summed E-state index contributed by atoms with van der Waals surface area (Å²) in [5, 5.41) is 4.30. The molecule has 1 aliphatic carbocycles. The van der Waals surface area contributed by atoms with Gasteiger partial charge in [0.05, 0.1) is 11.5 Å². The molecule has 0 unspecified atom stereocenters. The number of hydrogen-bond acceptors (Lipinski definition) is 3. The molecule has 4 heteroatoms. The van der Waals surface area contributed by atoms with Gasteiger partial charge in [0.25, 0.3) is 0 Å². The molecule has 1 aliphatic rings. The SMILES string of the molecule is CC(C)(S)n1ccc(OCC2CC2)n1. The van der Waals surface area contributed by atoms with Gasteiger partial charge < -0.3 is 4.74 Å². The highest BCUT2D eigenvalue weighted by atomic mass is 32.1. The molecule has 1 heterocycles. The molecule has 1 fully saturated rings. The normalized spacial score (nSPS) is 17.1. The minimum Gasteiger partial charge on any atom is -0.476 e. The lowest BCUT2D eigenvalue weighted by Crippen LogP contribution is -2.19. The van der Waals surface area contributed by atoms with Gasteiger partial charge in [0.1, 0.15) is 0 Å². The number of aromatic nitrogens is 2. The highest BCUT2D eigenvalue weighted by molar-refractivity contribution is 7.81. The van der Waals surface area contributed by atoms with Gasteiger partial charge in [-0.2, -0.15) is 0 Å². The fourth-order valence-electron chi connectivity index (χ4n) is 1.18. The molecule has 0 radical (unpaired) electrons. The van der Waals surface area contributed by atoms with Crippen LogP contribution in [0, 0.1) is 5.92 Å². The summed E-state index contributed by atoms with van der Waals surface area (Å²) < 4.78 is 7.34. The van der Waals surface area contributed by atoms with Gasteiger partial charge in [-0.05, 0) is 32.6 Å². The summed E-state index contributed by atoms with van der Waals surface area (Å²) in [5.41, 5.74) is 0. The van der Waals surface area contributed by atoms with Crippen molar-refractivity contribution in [3.63, 3.8) is 0 Å². The topological polar surface area (TPSA) is 27.1 Å². The number of ether oxygens (including phenoxy) is 1. The molecule has 3 nitrogen and oxygen atoms in total. The Morgan fingerprint density at radius 3 is 2.86 bits per heavy atom. The van der Waals surface area contributed by atoms with Crippen molar-refractivity contribution < 1.29 is 4.74 Å². The molecule has 1 aromatic heterocycles. The molecule has 0 aromatic carbocycles. The third-order valence-electron chi connectivity index (χ3n) is 2.29. The molecule has 0 spiro atoms. The second-order valence-corrected chi connectivity index (χ2v) is 5.44. The van der Waals surface area contributed by atoms with Gasteiger partial charge in [0.15, 0.2) is 0 Å². The number of hydrogen-bond donors (Lipinski definition) is 1. The molecule has 1 aromatic rings. The highest BCUT2D eigenvalue weighted by Gasteiger charge is 2.22. The summed E-state index contributed by atoms with van der Waals surface area (Å²) in [4.78, 5) is -0.263. The first-order chi connectivity index (χ1) is 6.55. The second kappa shape index (κ2) is 3.50. The average Bonchev–Trinajstić information content (AvgIpc) is 2.77. The van der Waals surface area contributed by atoms with Crippen molar-refractivity contribution in [2.75, 3.05) is 6.61 Å². The lowest BCUT2D eigenvalue weighted by molar-refractivity contribution is 0.281. The molecule has 2 rings (SSSR count). The Morgan fingerprint density at radius 1 is 1.64 bits per heavy atom. The van der Waals surface area contributed by atoms with E-state index in [-0.39, 0.29) is 4.87 Å². The molecule has 0 atom stereocenters. The van der Waals surface area contributed by atoms with Gasteiger partial charge in [-0.3, -0.25) is 4.68 Å². The van der Waals surface area contributed by atoms with Crippen molar-refractivity contribution in [1.82, 2.24) is 9.78 Å². The first kappa shape index (κ1) is 9.90. The Kier molecular flexibility index (Phi) is 2.47. The van der Waals surface area contributed by atoms with Gasteiger partial charge >= 0.3 is 0 Å². The lowest BCUT2D eigenvalue weighted by atomic mass is 10.4. The van der Waals surface area contributed by atoms with E-state index >= 15 is 0 Å². The van der Waals surface area contributed by atoms with E-state index in [0.717, 1.165) is 12.5 Å². The Hall–Kier alpha value is -0.640. The van der Waals surface area contributed by atoms with Crippen molar-refractivity contribution in [1.29, 1.82) is 0 Å². The van der Waals surface area contributed by atoms with Gasteiger partial charge in [0, 0.05) is 12.3 Å². The van der Waals surface area contributed by atoms with Crippen molar-refractivity contribution in [3.05, 3.63) is 12.3 Å². The molecule has 1 saturated carbocycles. The minimum atomic E-state index is -0.263. The highest BCUT2D eigenvalue weighted by Crippen LogP contribution is 2.29. The maximum atomic E-state index is 5.54. The van der Waals surface area contributed by atoms with E-state index in [1.54, 1.807) is 4.68 Å². The Morgan fingerprint density at radius 2 is 2.36 bits per heavy atom. The van der Waals surface area contributed by atoms with Crippen LogP contribution in [-0.2, 0) is 4.87 Å². The zero-order valence-electron chi connectivity index (χ0n) is 8.60. The third-order valence-corrected chi connectivity index (χ3v) is 2.49. The van der Waals surface area contributed by atoms with Gasteiger partial charge in [-0.15, -0.1) is 17.7 Å². The van der Waals surface area contributed by atoms with Crippen LogP contribution in [0.4, 0.5) is 0 Å². The third kappa shape index (κ3) is 2.44. The van der Waals surface area contributed by atoms with E-state index in [0.29, 0.717) is 5.88 Å². The molecular weight excluding hydrogens is 196 g/mol. The van der Waals surface area contributed by atoms with Crippen molar-refractivity contribution in [2.45, 2.75) is 31.6 Å². The molecule has 0 N–H and O–H groups in total. The first-order valence-electron chi connectivity index (χ1n) is 4.97. The van der Waals surface area contributed by atoms with E-state index in [2.05, 4.69) is 17.7 Å². The molecule has 0 aliphatic heterocycles. The van der Waals surface area contributed by atoms with Crippen LogP contribution in [0.2, 0.25) is 0 Å². The summed E-state index contributed by atoms with van der Waals surface area (Å²) in [7, 11) is 0. The Bertz CT molecular complexity index is 312. The van der Waals surface area contributed by atoms with Gasteiger partial charge in [0.2, 0.25) is 5.88 Å². The zero-order valence-corrected chi connectivity index (χ0v) is 9.50. The molecular formula is C10H16N2OS. The van der Waals surface area contributed by atoms with Crippen LogP contribution >= 0.6 is 12.6 Å². The van der Waals surface area contributed by atoms with Crippen LogP contribution in [0.1, 0.15) is 26.7 Å². The van der Waals surface area contributed by atoms with Crippen molar-refractivity contribution in [2.24, 2.45) is 5.92 Å². The predicted octanol–water partition coefficient (Wildman–Crippen LogP) is 2.29. The summed E-state index contributed by atoms with van der Waals surface area (Å²) in [5.74, 6) is 1.48. The van der Waals surface area contributed by atoms with Crippen molar-refractivity contribution >= 4 is 12.6 Å². The maximum absolute atomic E-state index is 5.54. The number of nitrogens with zero attached hydrogens (tertiary/aromatic N) is 2. The smallest absolute Gasteiger partial charge is 0.232 e.